The minimum Gasteiger partial charge on any atom is -0.494 e. The molecule has 0 atom stereocenters. The van der Waals surface area contributed by atoms with E-state index in [1.54, 1.807) is 25.1 Å². The van der Waals surface area contributed by atoms with Crippen molar-refractivity contribution in [3.63, 3.8) is 0 Å². The molecule has 0 aliphatic heterocycles. The lowest BCUT2D eigenvalue weighted by molar-refractivity contribution is 0.151. The smallest absolute Gasteiger partial charge is 0.426 e. The Morgan fingerprint density at radius 3 is 2.41 bits per heavy atom. The molecule has 2 N–H and O–H groups in total. The number of methoxy groups -OCH3 is 1. The summed E-state index contributed by atoms with van der Waals surface area (Å²) in [6.07, 6.45) is -0.749. The van der Waals surface area contributed by atoms with Crippen molar-refractivity contribution < 1.29 is 19.1 Å². The van der Waals surface area contributed by atoms with Gasteiger partial charge in [0.15, 0.2) is 0 Å². The predicted molar refractivity (Wildman–Crippen MR) is 113 cm³/mol. The number of aryl methyl sites for hydroxylation is 1. The van der Waals surface area contributed by atoms with Crippen molar-refractivity contribution in [2.45, 2.75) is 13.8 Å². The van der Waals surface area contributed by atoms with Gasteiger partial charge in [-0.2, -0.15) is 5.01 Å². The molecule has 7 nitrogen and oxygen atoms in total. The second kappa shape index (κ2) is 8.97. The Hall–Kier alpha value is -3.74. The van der Waals surface area contributed by atoms with Crippen LogP contribution >= 0.6 is 0 Å². The van der Waals surface area contributed by atoms with Gasteiger partial charge in [0, 0.05) is 11.1 Å². The number of nitrogens with one attached hydrogen (secondary N) is 2. The third-order valence-electron chi connectivity index (χ3n) is 4.29. The molecule has 150 valence electrons. The van der Waals surface area contributed by atoms with Gasteiger partial charge in [0.25, 0.3) is 0 Å². The summed E-state index contributed by atoms with van der Waals surface area (Å²) in [4.78, 5) is 25.3. The molecule has 0 heterocycles. The van der Waals surface area contributed by atoms with E-state index < -0.39 is 12.1 Å². The topological polar surface area (TPSA) is 79.9 Å². The Morgan fingerprint density at radius 2 is 1.72 bits per heavy atom. The van der Waals surface area contributed by atoms with Crippen LogP contribution in [0.4, 0.5) is 21.0 Å². The maximum Gasteiger partial charge on any atom is 0.426 e. The number of hydrogen-bond donors (Lipinski definition) is 2. The van der Waals surface area contributed by atoms with Crippen molar-refractivity contribution in [1.29, 1.82) is 0 Å². The largest absolute Gasteiger partial charge is 0.494 e. The number of ether oxygens (including phenoxy) is 2. The van der Waals surface area contributed by atoms with Crippen LogP contribution in [-0.2, 0) is 4.74 Å². The maximum absolute atomic E-state index is 13.1. The highest BCUT2D eigenvalue weighted by Crippen LogP contribution is 2.36. The second-order valence-electron chi connectivity index (χ2n) is 6.30. The van der Waals surface area contributed by atoms with E-state index in [1.807, 2.05) is 49.4 Å². The summed E-state index contributed by atoms with van der Waals surface area (Å²) in [7, 11) is 1.51. The Bertz CT molecular complexity index is 1020. The average molecular weight is 393 g/mol. The van der Waals surface area contributed by atoms with E-state index in [2.05, 4.69) is 10.7 Å². The summed E-state index contributed by atoms with van der Waals surface area (Å²) in [5.41, 5.74) is 4.58. The molecule has 3 amide bonds. The molecule has 0 aliphatic rings. The first-order chi connectivity index (χ1) is 14.0. The van der Waals surface area contributed by atoms with Gasteiger partial charge in [-0.1, -0.05) is 48.0 Å². The Morgan fingerprint density at radius 1 is 1.00 bits per heavy atom. The number of amides is 3. The van der Waals surface area contributed by atoms with Gasteiger partial charge in [0.1, 0.15) is 11.4 Å². The molecule has 0 fully saturated rings. The van der Waals surface area contributed by atoms with Crippen molar-refractivity contribution in [1.82, 2.24) is 5.43 Å². The summed E-state index contributed by atoms with van der Waals surface area (Å²) in [5.74, 6) is 0.430. The fourth-order valence-corrected chi connectivity index (χ4v) is 2.91. The van der Waals surface area contributed by atoms with Crippen LogP contribution in [-0.4, -0.2) is 25.8 Å². The van der Waals surface area contributed by atoms with Crippen LogP contribution in [0.25, 0.3) is 10.8 Å². The number of carbonyl (C=O) groups is 2. The van der Waals surface area contributed by atoms with Gasteiger partial charge in [-0.15, -0.1) is 0 Å². The first kappa shape index (κ1) is 20.0. The van der Waals surface area contributed by atoms with Crippen LogP contribution in [0.15, 0.2) is 60.7 Å². The van der Waals surface area contributed by atoms with Gasteiger partial charge in [0.2, 0.25) is 0 Å². The minimum atomic E-state index is -0.749. The zero-order valence-corrected chi connectivity index (χ0v) is 16.6. The fraction of sp³-hybridized carbons (Fsp3) is 0.182. The van der Waals surface area contributed by atoms with Crippen LogP contribution in [0.3, 0.4) is 0 Å². The number of urea groups is 1. The first-order valence-corrected chi connectivity index (χ1v) is 9.20. The highest BCUT2D eigenvalue weighted by molar-refractivity contribution is 6.10. The number of carbonyl (C=O) groups excluding carboxylic acids is 2. The number of hydrazine groups is 1. The maximum atomic E-state index is 13.1. The molecule has 0 saturated carbocycles. The lowest BCUT2D eigenvalue weighted by atomic mass is 10.1. The average Bonchev–Trinajstić information content (AvgIpc) is 2.73. The first-order valence-electron chi connectivity index (χ1n) is 9.20. The molecule has 0 bridgehead atoms. The molecule has 0 saturated heterocycles. The van der Waals surface area contributed by atoms with E-state index in [-0.39, 0.29) is 6.61 Å². The number of anilines is 2. The number of nitrogens with zero attached hydrogens (tertiary/aromatic N) is 1. The molecule has 0 unspecified atom stereocenters. The zero-order chi connectivity index (χ0) is 20.8. The van der Waals surface area contributed by atoms with E-state index in [0.29, 0.717) is 17.1 Å². The molecular formula is C22H23N3O4. The third kappa shape index (κ3) is 4.57. The van der Waals surface area contributed by atoms with Crippen LogP contribution in [0.1, 0.15) is 12.5 Å². The summed E-state index contributed by atoms with van der Waals surface area (Å²) in [5, 5.41) is 5.53. The quantitative estimate of drug-likeness (QED) is 0.621. The number of rotatable bonds is 4. The van der Waals surface area contributed by atoms with Gasteiger partial charge in [-0.25, -0.2) is 15.0 Å². The predicted octanol–water partition coefficient (Wildman–Crippen LogP) is 4.86. The summed E-state index contributed by atoms with van der Waals surface area (Å²) < 4.78 is 10.5. The highest BCUT2D eigenvalue weighted by Gasteiger charge is 2.25. The van der Waals surface area contributed by atoms with Crippen molar-refractivity contribution in [3.8, 4) is 5.75 Å². The molecule has 0 spiro atoms. The number of hydrogen-bond acceptors (Lipinski definition) is 4. The van der Waals surface area contributed by atoms with E-state index in [0.717, 1.165) is 21.3 Å². The van der Waals surface area contributed by atoms with Crippen molar-refractivity contribution >= 4 is 34.3 Å². The van der Waals surface area contributed by atoms with E-state index in [9.17, 15) is 9.59 Å². The standard InChI is InChI=1S/C22H23N3O4/c1-4-29-22(27)24-25(21(26)23-17-12-9-15(2)10-13-17)20-18-8-6-5-7-16(18)11-14-19(20)28-3/h5-14H,4H2,1-3H3,(H,23,26)(H,24,27). The molecule has 3 aromatic carbocycles. The normalized spacial score (nSPS) is 10.3. The lowest BCUT2D eigenvalue weighted by Gasteiger charge is -2.26. The van der Waals surface area contributed by atoms with Crippen LogP contribution in [0.2, 0.25) is 0 Å². The molecule has 7 heteroatoms. The van der Waals surface area contributed by atoms with Crippen molar-refractivity contribution in [2.75, 3.05) is 24.0 Å². The molecular weight excluding hydrogens is 370 g/mol. The number of fused-ring (bicyclic) bond motifs is 1. The third-order valence-corrected chi connectivity index (χ3v) is 4.29. The SMILES string of the molecule is CCOC(=O)NN(C(=O)Nc1ccc(C)cc1)c1c(OC)ccc2ccccc12. The monoisotopic (exact) mass is 393 g/mol. The van der Waals surface area contributed by atoms with Crippen molar-refractivity contribution in [2.24, 2.45) is 0 Å². The summed E-state index contributed by atoms with van der Waals surface area (Å²) in [6, 6.07) is 17.9. The van der Waals surface area contributed by atoms with Gasteiger partial charge in [-0.05, 0) is 37.4 Å². The van der Waals surface area contributed by atoms with Crippen LogP contribution < -0.4 is 20.5 Å². The number of benzene rings is 3. The highest BCUT2D eigenvalue weighted by atomic mass is 16.6. The minimum absolute atomic E-state index is 0.173. The molecule has 0 aliphatic carbocycles. The van der Waals surface area contributed by atoms with Gasteiger partial charge >= 0.3 is 12.1 Å². The Balaban J connectivity index is 2.05. The van der Waals surface area contributed by atoms with E-state index in [1.165, 1.54) is 7.11 Å². The van der Waals surface area contributed by atoms with E-state index in [4.69, 9.17) is 9.47 Å². The van der Waals surface area contributed by atoms with Gasteiger partial charge in [0.05, 0.1) is 13.7 Å². The lowest BCUT2D eigenvalue weighted by Crippen LogP contribution is -2.49. The zero-order valence-electron chi connectivity index (χ0n) is 16.6. The summed E-state index contributed by atoms with van der Waals surface area (Å²) >= 11 is 0. The van der Waals surface area contributed by atoms with Gasteiger partial charge in [-0.3, -0.25) is 0 Å². The van der Waals surface area contributed by atoms with Gasteiger partial charge < -0.3 is 14.8 Å². The molecule has 3 rings (SSSR count). The van der Waals surface area contributed by atoms with E-state index >= 15 is 0 Å². The van der Waals surface area contributed by atoms with Crippen LogP contribution in [0.5, 0.6) is 5.75 Å². The van der Waals surface area contributed by atoms with Crippen molar-refractivity contribution in [3.05, 3.63) is 66.2 Å². The fourth-order valence-electron chi connectivity index (χ4n) is 2.91. The second-order valence-corrected chi connectivity index (χ2v) is 6.30. The Kier molecular flexibility index (Phi) is 6.19. The molecule has 3 aromatic rings. The molecule has 0 aromatic heterocycles. The molecule has 0 radical (unpaired) electrons. The molecule has 29 heavy (non-hydrogen) atoms. The Labute approximate surface area is 169 Å². The van der Waals surface area contributed by atoms with Crippen LogP contribution in [0, 0.1) is 6.92 Å². The summed E-state index contributed by atoms with van der Waals surface area (Å²) in [6.45, 7) is 3.82.